The van der Waals surface area contributed by atoms with Crippen LogP contribution < -0.4 is 11.5 Å². The highest BCUT2D eigenvalue weighted by atomic mass is 32.2. The first-order valence-electron chi connectivity index (χ1n) is 7.91. The summed E-state index contributed by atoms with van der Waals surface area (Å²) in [5, 5.41) is 29.3. The smallest absolute Gasteiger partial charge is 0.320 e. The lowest BCUT2D eigenvalue weighted by Crippen LogP contribution is -2.33. The first kappa shape index (κ1) is 18.8. The Kier molecular flexibility index (Phi) is 5.58. The second kappa shape index (κ2) is 7.72. The Morgan fingerprint density at radius 3 is 2.85 bits per heavy atom. The van der Waals surface area contributed by atoms with Gasteiger partial charge >= 0.3 is 5.97 Å². The van der Waals surface area contributed by atoms with E-state index in [9.17, 15) is 15.0 Å². The molecule has 0 saturated carbocycles. The van der Waals surface area contributed by atoms with Crippen LogP contribution in [0.3, 0.4) is 0 Å². The maximum Gasteiger partial charge on any atom is 0.320 e. The molecule has 2 aromatic rings. The van der Waals surface area contributed by atoms with Crippen molar-refractivity contribution in [1.82, 2.24) is 19.5 Å². The molecule has 2 aromatic heterocycles. The number of aliphatic hydroxyl groups excluding tert-OH is 2. The first-order chi connectivity index (χ1) is 12.4. The quantitative estimate of drug-likeness (QED) is 0.352. The summed E-state index contributed by atoms with van der Waals surface area (Å²) >= 11 is 1.40. The minimum atomic E-state index is -1.17. The van der Waals surface area contributed by atoms with Gasteiger partial charge in [0.25, 0.3) is 0 Å². The Hall–Kier alpha value is -1.99. The molecule has 11 nitrogen and oxygen atoms in total. The van der Waals surface area contributed by atoms with Gasteiger partial charge in [0.15, 0.2) is 17.7 Å². The third-order valence-electron chi connectivity index (χ3n) is 4.17. The summed E-state index contributed by atoms with van der Waals surface area (Å²) in [5.74, 6) is 0.0405. The molecule has 12 heteroatoms. The van der Waals surface area contributed by atoms with E-state index in [0.29, 0.717) is 29.1 Å². The van der Waals surface area contributed by atoms with Gasteiger partial charge in [-0.25, -0.2) is 15.0 Å². The van der Waals surface area contributed by atoms with Crippen molar-refractivity contribution >= 4 is 34.7 Å². The van der Waals surface area contributed by atoms with Crippen molar-refractivity contribution in [3.05, 3.63) is 12.7 Å². The van der Waals surface area contributed by atoms with E-state index in [2.05, 4.69) is 15.0 Å². The summed E-state index contributed by atoms with van der Waals surface area (Å²) < 4.78 is 7.29. The van der Waals surface area contributed by atoms with E-state index in [1.165, 1.54) is 29.0 Å². The molecule has 0 aromatic carbocycles. The van der Waals surface area contributed by atoms with Gasteiger partial charge in [0, 0.05) is 5.75 Å². The Morgan fingerprint density at radius 2 is 2.12 bits per heavy atom. The van der Waals surface area contributed by atoms with Crippen LogP contribution in [0.1, 0.15) is 12.6 Å². The number of imidazole rings is 1. The monoisotopic (exact) mass is 384 g/mol. The van der Waals surface area contributed by atoms with E-state index in [-0.39, 0.29) is 5.82 Å². The third kappa shape index (κ3) is 3.59. The van der Waals surface area contributed by atoms with Crippen LogP contribution in [0.4, 0.5) is 5.82 Å². The molecule has 5 atom stereocenters. The number of carbonyl (C=O) groups is 1. The predicted molar refractivity (Wildman–Crippen MR) is 93.2 cm³/mol. The van der Waals surface area contributed by atoms with Gasteiger partial charge in [-0.1, -0.05) is 0 Å². The highest BCUT2D eigenvalue weighted by molar-refractivity contribution is 7.99. The number of aliphatic hydroxyl groups is 2. The summed E-state index contributed by atoms with van der Waals surface area (Å²) in [4.78, 5) is 22.8. The van der Waals surface area contributed by atoms with Crippen LogP contribution in [0.2, 0.25) is 0 Å². The van der Waals surface area contributed by atoms with E-state index >= 15 is 0 Å². The molecular formula is C14H20N6O5S. The molecule has 3 heterocycles. The van der Waals surface area contributed by atoms with E-state index in [4.69, 9.17) is 21.3 Å². The predicted octanol–water partition coefficient (Wildman–Crippen LogP) is -1.44. The number of hydrogen-bond acceptors (Lipinski definition) is 10. The second-order valence-corrected chi connectivity index (χ2v) is 7.09. The molecule has 0 unspecified atom stereocenters. The topological polar surface area (TPSA) is 183 Å². The molecule has 1 aliphatic rings. The maximum atomic E-state index is 10.7. The largest absolute Gasteiger partial charge is 0.480 e. The van der Waals surface area contributed by atoms with Crippen LogP contribution in [-0.4, -0.2) is 76.7 Å². The Bertz CT molecular complexity index is 788. The molecule has 0 aliphatic carbocycles. The number of fused-ring (bicyclic) bond motifs is 1. The SMILES string of the molecule is Nc1ncnc2c1ncn2[C@@H]1O[C@H](CSCC[C@H](N)C(=O)O)[C@@H](O)[C@@H]1O. The van der Waals surface area contributed by atoms with Crippen LogP contribution in [0.25, 0.3) is 11.2 Å². The Balaban J connectivity index is 1.64. The van der Waals surface area contributed by atoms with Gasteiger partial charge in [0.1, 0.15) is 30.1 Å². The number of thioether (sulfide) groups is 1. The molecule has 0 bridgehead atoms. The number of anilines is 1. The Morgan fingerprint density at radius 1 is 1.35 bits per heavy atom. The molecular weight excluding hydrogens is 364 g/mol. The van der Waals surface area contributed by atoms with Gasteiger partial charge in [-0.2, -0.15) is 11.8 Å². The third-order valence-corrected chi connectivity index (χ3v) is 5.26. The van der Waals surface area contributed by atoms with Gasteiger partial charge in [-0.15, -0.1) is 0 Å². The number of carboxylic acid groups (broad SMARTS) is 1. The van der Waals surface area contributed by atoms with Gasteiger partial charge in [0.05, 0.1) is 12.4 Å². The number of ether oxygens (including phenoxy) is 1. The van der Waals surface area contributed by atoms with Crippen molar-refractivity contribution < 1.29 is 24.9 Å². The highest BCUT2D eigenvalue weighted by Gasteiger charge is 2.44. The summed E-state index contributed by atoms with van der Waals surface area (Å²) in [7, 11) is 0. The van der Waals surface area contributed by atoms with Crippen LogP contribution in [0.5, 0.6) is 0 Å². The number of nitrogen functional groups attached to an aromatic ring is 1. The Labute approximate surface area is 152 Å². The van der Waals surface area contributed by atoms with Crippen molar-refractivity contribution in [1.29, 1.82) is 0 Å². The van der Waals surface area contributed by atoms with Crippen LogP contribution in [-0.2, 0) is 9.53 Å². The lowest BCUT2D eigenvalue weighted by molar-refractivity contribution is -0.138. The van der Waals surface area contributed by atoms with Crippen molar-refractivity contribution in [2.24, 2.45) is 5.73 Å². The average Bonchev–Trinajstić information content (AvgIpc) is 3.15. The molecule has 142 valence electrons. The zero-order chi connectivity index (χ0) is 18.8. The van der Waals surface area contributed by atoms with Crippen molar-refractivity contribution in [2.45, 2.75) is 37.0 Å². The van der Waals surface area contributed by atoms with Crippen molar-refractivity contribution in [2.75, 3.05) is 17.2 Å². The van der Waals surface area contributed by atoms with Gasteiger partial charge < -0.3 is 31.5 Å². The van der Waals surface area contributed by atoms with Crippen LogP contribution in [0.15, 0.2) is 12.7 Å². The van der Waals surface area contributed by atoms with Crippen LogP contribution >= 0.6 is 11.8 Å². The number of aromatic nitrogens is 4. The summed E-state index contributed by atoms with van der Waals surface area (Å²) in [6.45, 7) is 0. The molecule has 7 N–H and O–H groups in total. The van der Waals surface area contributed by atoms with Gasteiger partial charge in [-0.3, -0.25) is 9.36 Å². The molecule has 0 radical (unpaired) electrons. The standard InChI is InChI=1S/C14H20N6O5S/c15-6(14(23)24)1-2-26-3-7-9(21)10(22)13(25-7)20-5-19-8-11(16)17-4-18-12(8)20/h4-7,9-10,13,21-22H,1-3,15H2,(H,23,24)(H2,16,17,18)/t6-,7+,9+,10-,13+/m0/s1. The summed E-state index contributed by atoms with van der Waals surface area (Å²) in [5.41, 5.74) is 12.0. The fourth-order valence-electron chi connectivity index (χ4n) is 2.69. The number of nitrogens with zero attached hydrogens (tertiary/aromatic N) is 4. The van der Waals surface area contributed by atoms with Gasteiger partial charge in [0.2, 0.25) is 0 Å². The number of hydrogen-bond donors (Lipinski definition) is 5. The number of nitrogens with two attached hydrogens (primary N) is 2. The zero-order valence-electron chi connectivity index (χ0n) is 13.7. The molecule has 1 fully saturated rings. The lowest BCUT2D eigenvalue weighted by atomic mass is 10.1. The number of aliphatic carboxylic acids is 1. The molecule has 26 heavy (non-hydrogen) atoms. The van der Waals surface area contributed by atoms with E-state index < -0.39 is 36.6 Å². The van der Waals surface area contributed by atoms with Crippen molar-refractivity contribution in [3.8, 4) is 0 Å². The fourth-order valence-corrected chi connectivity index (χ4v) is 3.78. The highest BCUT2D eigenvalue weighted by Crippen LogP contribution is 2.33. The van der Waals surface area contributed by atoms with E-state index in [0.717, 1.165) is 0 Å². The molecule has 0 spiro atoms. The molecule has 1 aliphatic heterocycles. The van der Waals surface area contributed by atoms with E-state index in [1.54, 1.807) is 0 Å². The molecule has 1 saturated heterocycles. The van der Waals surface area contributed by atoms with Crippen molar-refractivity contribution in [3.63, 3.8) is 0 Å². The normalized spacial score (nSPS) is 27.0. The summed E-state index contributed by atoms with van der Waals surface area (Å²) in [6, 6.07) is -0.919. The average molecular weight is 384 g/mol. The van der Waals surface area contributed by atoms with E-state index in [1.807, 2.05) is 0 Å². The molecule has 3 rings (SSSR count). The zero-order valence-corrected chi connectivity index (χ0v) is 14.5. The minimum Gasteiger partial charge on any atom is -0.480 e. The lowest BCUT2D eigenvalue weighted by Gasteiger charge is -2.16. The van der Waals surface area contributed by atoms with Gasteiger partial charge in [-0.05, 0) is 12.2 Å². The number of carboxylic acids is 1. The first-order valence-corrected chi connectivity index (χ1v) is 9.06. The fraction of sp³-hybridized carbons (Fsp3) is 0.571. The summed E-state index contributed by atoms with van der Waals surface area (Å²) in [6.07, 6.45) is -0.747. The van der Waals surface area contributed by atoms with Crippen LogP contribution in [0, 0.1) is 0 Å². The molecule has 0 amide bonds. The number of rotatable bonds is 7. The minimum absolute atomic E-state index is 0.212. The second-order valence-electron chi connectivity index (χ2n) is 5.94. The maximum absolute atomic E-state index is 10.7.